The highest BCUT2D eigenvalue weighted by Crippen LogP contribution is 2.28. The first kappa shape index (κ1) is 11.3. The molecule has 3 nitrogen and oxygen atoms in total. The smallest absolute Gasteiger partial charge is 0.0949 e. The van der Waals surface area contributed by atoms with Crippen molar-refractivity contribution in [2.45, 2.75) is 12.6 Å². The van der Waals surface area contributed by atoms with E-state index in [9.17, 15) is 5.11 Å². The van der Waals surface area contributed by atoms with Gasteiger partial charge in [0.1, 0.15) is 0 Å². The van der Waals surface area contributed by atoms with Crippen molar-refractivity contribution in [2.24, 2.45) is 0 Å². The van der Waals surface area contributed by atoms with E-state index in [4.69, 9.17) is 5.11 Å². The highest BCUT2D eigenvalue weighted by atomic mass is 16.3. The van der Waals surface area contributed by atoms with E-state index < -0.39 is 6.10 Å². The molecule has 0 aliphatic rings. The second-order valence-electron chi connectivity index (χ2n) is 4.48. The molecule has 2 N–H and O–H groups in total. The average molecular weight is 241 g/mol. The number of rotatable bonds is 3. The van der Waals surface area contributed by atoms with Crippen molar-refractivity contribution < 1.29 is 10.2 Å². The highest BCUT2D eigenvalue weighted by molar-refractivity contribution is 6.07. The normalized spacial score (nSPS) is 13.2. The van der Waals surface area contributed by atoms with Crippen LogP contribution in [0.15, 0.2) is 48.5 Å². The molecule has 92 valence electrons. The molecule has 0 aliphatic heterocycles. The minimum Gasteiger partial charge on any atom is -0.394 e. The number of hydrogen-bond donors (Lipinski definition) is 2. The van der Waals surface area contributed by atoms with Crippen LogP contribution in [0.3, 0.4) is 0 Å². The van der Waals surface area contributed by atoms with Crippen LogP contribution in [-0.4, -0.2) is 27.5 Å². The van der Waals surface area contributed by atoms with Gasteiger partial charge in [0.25, 0.3) is 0 Å². The number of fused-ring (bicyclic) bond motifs is 3. The summed E-state index contributed by atoms with van der Waals surface area (Å²) in [7, 11) is 0. The molecule has 0 aliphatic carbocycles. The molecule has 0 saturated carbocycles. The van der Waals surface area contributed by atoms with Gasteiger partial charge in [0.15, 0.2) is 0 Å². The summed E-state index contributed by atoms with van der Waals surface area (Å²) in [5, 5.41) is 21.1. The summed E-state index contributed by atoms with van der Waals surface area (Å²) in [5.74, 6) is 0. The first-order valence-corrected chi connectivity index (χ1v) is 6.06. The first-order valence-electron chi connectivity index (χ1n) is 6.06. The van der Waals surface area contributed by atoms with Crippen molar-refractivity contribution in [1.82, 2.24) is 4.57 Å². The average Bonchev–Trinajstić information content (AvgIpc) is 2.74. The molecule has 0 amide bonds. The Hall–Kier alpha value is -1.84. The molecule has 2 aromatic carbocycles. The molecule has 0 bridgehead atoms. The van der Waals surface area contributed by atoms with Crippen molar-refractivity contribution in [1.29, 1.82) is 0 Å². The fourth-order valence-electron chi connectivity index (χ4n) is 2.47. The van der Waals surface area contributed by atoms with Crippen LogP contribution in [0.2, 0.25) is 0 Å². The van der Waals surface area contributed by atoms with Gasteiger partial charge in [-0.2, -0.15) is 0 Å². The number of benzene rings is 2. The number of para-hydroxylation sites is 2. The van der Waals surface area contributed by atoms with Gasteiger partial charge in [0, 0.05) is 21.8 Å². The Morgan fingerprint density at radius 3 is 1.89 bits per heavy atom. The summed E-state index contributed by atoms with van der Waals surface area (Å²) in [4.78, 5) is 0. The van der Waals surface area contributed by atoms with Gasteiger partial charge in [0.2, 0.25) is 0 Å². The van der Waals surface area contributed by atoms with E-state index in [1.807, 2.05) is 36.4 Å². The monoisotopic (exact) mass is 241 g/mol. The third kappa shape index (κ3) is 1.68. The van der Waals surface area contributed by atoms with Gasteiger partial charge in [-0.15, -0.1) is 0 Å². The maximum Gasteiger partial charge on any atom is 0.0949 e. The van der Waals surface area contributed by atoms with Crippen LogP contribution in [0.1, 0.15) is 0 Å². The fourth-order valence-corrected chi connectivity index (χ4v) is 2.47. The number of hydrogen-bond acceptors (Lipinski definition) is 2. The van der Waals surface area contributed by atoms with Crippen LogP contribution in [0, 0.1) is 0 Å². The van der Waals surface area contributed by atoms with E-state index in [1.165, 1.54) is 10.8 Å². The maximum absolute atomic E-state index is 9.68. The predicted octanol–water partition coefficient (Wildman–Crippen LogP) is 2.15. The summed E-state index contributed by atoms with van der Waals surface area (Å²) < 4.78 is 2.06. The molecule has 0 fully saturated rings. The fraction of sp³-hybridized carbons (Fsp3) is 0.200. The lowest BCUT2D eigenvalue weighted by atomic mass is 10.2. The van der Waals surface area contributed by atoms with Gasteiger partial charge in [-0.3, -0.25) is 0 Å². The zero-order chi connectivity index (χ0) is 12.5. The molecule has 3 rings (SSSR count). The van der Waals surface area contributed by atoms with Gasteiger partial charge in [-0.05, 0) is 12.1 Å². The lowest BCUT2D eigenvalue weighted by Crippen LogP contribution is -2.19. The third-order valence-corrected chi connectivity index (χ3v) is 3.28. The Bertz CT molecular complexity index is 634. The van der Waals surface area contributed by atoms with Crippen molar-refractivity contribution in [3.8, 4) is 0 Å². The first-order chi connectivity index (χ1) is 8.81. The summed E-state index contributed by atoms with van der Waals surface area (Å²) in [6.07, 6.45) is -0.732. The predicted molar refractivity (Wildman–Crippen MR) is 72.5 cm³/mol. The second kappa shape index (κ2) is 4.44. The SMILES string of the molecule is OC[C@@H](O)Cn1c2ccccc2c2ccccc21. The summed E-state index contributed by atoms with van der Waals surface area (Å²) in [5.41, 5.74) is 2.18. The largest absolute Gasteiger partial charge is 0.394 e. The van der Waals surface area contributed by atoms with Crippen LogP contribution >= 0.6 is 0 Å². The zero-order valence-electron chi connectivity index (χ0n) is 9.95. The van der Waals surface area contributed by atoms with E-state index in [2.05, 4.69) is 16.7 Å². The molecule has 1 atom stereocenters. The minimum atomic E-state index is -0.732. The molecule has 3 heteroatoms. The van der Waals surface area contributed by atoms with E-state index in [-0.39, 0.29) is 6.61 Å². The molecule has 3 aromatic rings. The lowest BCUT2D eigenvalue weighted by Gasteiger charge is -2.11. The number of aliphatic hydroxyl groups excluding tert-OH is 2. The van der Waals surface area contributed by atoms with Gasteiger partial charge < -0.3 is 14.8 Å². The molecule has 0 spiro atoms. The maximum atomic E-state index is 9.68. The number of nitrogens with zero attached hydrogens (tertiary/aromatic N) is 1. The molecular weight excluding hydrogens is 226 g/mol. The Balaban J connectivity index is 2.31. The van der Waals surface area contributed by atoms with E-state index in [0.29, 0.717) is 6.54 Å². The molecule has 1 heterocycles. The molecule has 0 unspecified atom stereocenters. The lowest BCUT2D eigenvalue weighted by molar-refractivity contribution is 0.0831. The van der Waals surface area contributed by atoms with Crippen molar-refractivity contribution in [3.63, 3.8) is 0 Å². The third-order valence-electron chi connectivity index (χ3n) is 3.28. The quantitative estimate of drug-likeness (QED) is 0.738. The molecular formula is C15H15NO2. The van der Waals surface area contributed by atoms with E-state index >= 15 is 0 Å². The molecule has 1 aromatic heterocycles. The Kier molecular flexibility index (Phi) is 2.78. The molecule has 18 heavy (non-hydrogen) atoms. The van der Waals surface area contributed by atoms with E-state index in [1.54, 1.807) is 0 Å². The van der Waals surface area contributed by atoms with Crippen LogP contribution in [0.25, 0.3) is 21.8 Å². The standard InChI is InChI=1S/C15H15NO2/c17-10-11(18)9-16-14-7-3-1-5-12(14)13-6-2-4-8-15(13)16/h1-8,11,17-18H,9-10H2/t11-/m0/s1. The van der Waals surface area contributed by atoms with Gasteiger partial charge in [0.05, 0.1) is 19.3 Å². The minimum absolute atomic E-state index is 0.221. The van der Waals surface area contributed by atoms with Crippen LogP contribution < -0.4 is 0 Å². The van der Waals surface area contributed by atoms with Crippen LogP contribution in [0.4, 0.5) is 0 Å². The van der Waals surface area contributed by atoms with E-state index in [0.717, 1.165) is 11.0 Å². The highest BCUT2D eigenvalue weighted by Gasteiger charge is 2.12. The Morgan fingerprint density at radius 1 is 0.889 bits per heavy atom. The summed E-state index contributed by atoms with van der Waals surface area (Å²) in [6.45, 7) is 0.186. The number of aromatic nitrogens is 1. The van der Waals surface area contributed by atoms with Gasteiger partial charge in [-0.1, -0.05) is 36.4 Å². The zero-order valence-corrected chi connectivity index (χ0v) is 9.95. The van der Waals surface area contributed by atoms with Gasteiger partial charge >= 0.3 is 0 Å². The van der Waals surface area contributed by atoms with Crippen molar-refractivity contribution >= 4 is 21.8 Å². The molecule has 0 saturated heterocycles. The Morgan fingerprint density at radius 2 is 1.39 bits per heavy atom. The van der Waals surface area contributed by atoms with Crippen molar-refractivity contribution in [2.75, 3.05) is 6.61 Å². The molecule has 0 radical (unpaired) electrons. The number of aliphatic hydroxyl groups is 2. The summed E-state index contributed by atoms with van der Waals surface area (Å²) >= 11 is 0. The van der Waals surface area contributed by atoms with Crippen molar-refractivity contribution in [3.05, 3.63) is 48.5 Å². The second-order valence-corrected chi connectivity index (χ2v) is 4.48. The van der Waals surface area contributed by atoms with Crippen LogP contribution in [0.5, 0.6) is 0 Å². The van der Waals surface area contributed by atoms with Crippen LogP contribution in [-0.2, 0) is 6.54 Å². The topological polar surface area (TPSA) is 45.4 Å². The van der Waals surface area contributed by atoms with Gasteiger partial charge in [-0.25, -0.2) is 0 Å². The Labute approximate surface area is 105 Å². The summed E-state index contributed by atoms with van der Waals surface area (Å²) in [6, 6.07) is 16.3.